The predicted molar refractivity (Wildman–Crippen MR) is 200 cm³/mol. The van der Waals surface area contributed by atoms with E-state index in [4.69, 9.17) is 5.73 Å². The zero-order valence-electron chi connectivity index (χ0n) is 28.6. The van der Waals surface area contributed by atoms with E-state index in [2.05, 4.69) is 146 Å². The molecule has 47 heavy (non-hydrogen) atoms. The Morgan fingerprint density at radius 3 is 1.21 bits per heavy atom. The van der Waals surface area contributed by atoms with Crippen LogP contribution in [0.5, 0.6) is 0 Å². The lowest BCUT2D eigenvalue weighted by Gasteiger charge is -2.21. The molecule has 0 radical (unpaired) electrons. The Hall–Kier alpha value is -5.35. The Balaban J connectivity index is 1.82. The highest BCUT2D eigenvalue weighted by atomic mass is 16.1. The van der Waals surface area contributed by atoms with Crippen LogP contribution in [0.3, 0.4) is 0 Å². The van der Waals surface area contributed by atoms with Gasteiger partial charge < -0.3 is 15.5 Å². The van der Waals surface area contributed by atoms with Crippen LogP contribution in [0.1, 0.15) is 60.8 Å². The number of nitrogens with zero attached hydrogens (tertiary/aromatic N) is 2. The number of primary amides is 1. The van der Waals surface area contributed by atoms with E-state index in [1.54, 1.807) is 0 Å². The predicted octanol–water partition coefficient (Wildman–Crippen LogP) is 9.19. The number of amides is 1. The van der Waals surface area contributed by atoms with E-state index < -0.39 is 5.91 Å². The highest BCUT2D eigenvalue weighted by Gasteiger charge is 2.20. The van der Waals surface area contributed by atoms with Gasteiger partial charge in [0.1, 0.15) is 0 Å². The molecule has 4 nitrogen and oxygen atoms in total. The first kappa shape index (κ1) is 33.0. The van der Waals surface area contributed by atoms with E-state index >= 15 is 0 Å². The zero-order valence-corrected chi connectivity index (χ0v) is 28.6. The fourth-order valence-electron chi connectivity index (χ4n) is 5.83. The van der Waals surface area contributed by atoms with Crippen molar-refractivity contribution in [2.24, 2.45) is 5.73 Å². The number of nitrogens with two attached hydrogens (primary N) is 1. The number of anilines is 2. The Kier molecular flexibility index (Phi) is 10.1. The quantitative estimate of drug-likeness (QED) is 0.170. The Bertz CT molecular complexity index is 1780. The molecule has 0 spiro atoms. The third kappa shape index (κ3) is 7.90. The molecule has 0 aromatic heterocycles. The van der Waals surface area contributed by atoms with Gasteiger partial charge in [0.25, 0.3) is 0 Å². The molecule has 0 atom stereocenters. The van der Waals surface area contributed by atoms with Gasteiger partial charge >= 0.3 is 0 Å². The Labute approximate surface area is 280 Å². The number of benzene rings is 5. The van der Waals surface area contributed by atoms with Gasteiger partial charge in [-0.05, 0) is 90.1 Å². The molecule has 5 aromatic rings. The summed E-state index contributed by atoms with van der Waals surface area (Å²) in [5.41, 5.74) is 19.7. The molecule has 2 N–H and O–H groups in total. The first-order valence-electron chi connectivity index (χ1n) is 16.0. The van der Waals surface area contributed by atoms with Crippen LogP contribution < -0.4 is 15.5 Å². The van der Waals surface area contributed by atoms with Crippen molar-refractivity contribution in [1.29, 1.82) is 0 Å². The molecule has 5 aromatic carbocycles. The summed E-state index contributed by atoms with van der Waals surface area (Å²) in [7, 11) is 8.20. The van der Waals surface area contributed by atoms with Crippen LogP contribution in [0, 0.1) is 20.8 Å². The van der Waals surface area contributed by atoms with Crippen molar-refractivity contribution in [2.45, 2.75) is 26.7 Å². The third-order valence-electron chi connectivity index (χ3n) is 8.64. The Morgan fingerprint density at radius 1 is 0.532 bits per heavy atom. The summed E-state index contributed by atoms with van der Waals surface area (Å²) in [5.74, 6) is -0.724. The molecule has 5 rings (SSSR count). The zero-order chi connectivity index (χ0) is 33.7. The molecule has 0 heterocycles. The van der Waals surface area contributed by atoms with E-state index in [0.29, 0.717) is 5.56 Å². The maximum atomic E-state index is 12.9. The van der Waals surface area contributed by atoms with Crippen molar-refractivity contribution in [1.82, 2.24) is 0 Å². The van der Waals surface area contributed by atoms with Crippen LogP contribution >= 0.6 is 0 Å². The van der Waals surface area contributed by atoms with Gasteiger partial charge in [-0.15, -0.1) is 0 Å². The normalized spacial score (nSPS) is 12.5. The van der Waals surface area contributed by atoms with Crippen molar-refractivity contribution >= 4 is 28.4 Å². The lowest BCUT2D eigenvalue weighted by molar-refractivity contribution is 0.0999. The summed E-state index contributed by atoms with van der Waals surface area (Å²) >= 11 is 0. The van der Waals surface area contributed by atoms with Crippen LogP contribution in [-0.2, 0) is 0 Å². The summed E-state index contributed by atoms with van der Waals surface area (Å²) < 4.78 is 0. The van der Waals surface area contributed by atoms with Crippen LogP contribution in [0.15, 0.2) is 127 Å². The second-order valence-corrected chi connectivity index (χ2v) is 12.8. The standard InChI is InChI=1S/C43H45N3O/c1-29-8-13-32(14-9-29)40(34-17-21-37(22-18-34)45(4)5)27-36(42-26-31(3)12-25-39(42)43(44)47)28-41(33-15-10-30(2)11-16-33)35-19-23-38(24-20-35)46(6)7/h8-28,36H,1-7H3,(H2,44,47). The molecular weight excluding hydrogens is 574 g/mol. The van der Waals surface area contributed by atoms with Crippen molar-refractivity contribution < 1.29 is 4.79 Å². The molecule has 1 amide bonds. The fraction of sp³-hybridized carbons (Fsp3) is 0.186. The van der Waals surface area contributed by atoms with Crippen molar-refractivity contribution in [3.63, 3.8) is 0 Å². The Morgan fingerprint density at radius 2 is 0.872 bits per heavy atom. The van der Waals surface area contributed by atoms with Gasteiger partial charge in [0.2, 0.25) is 5.91 Å². The van der Waals surface area contributed by atoms with Crippen molar-refractivity contribution in [2.75, 3.05) is 38.0 Å². The monoisotopic (exact) mass is 619 g/mol. The molecule has 0 saturated carbocycles. The van der Waals surface area contributed by atoms with Gasteiger partial charge in [0.05, 0.1) is 0 Å². The first-order valence-corrected chi connectivity index (χ1v) is 16.0. The summed E-state index contributed by atoms with van der Waals surface area (Å²) in [6.45, 7) is 6.26. The number of hydrogen-bond acceptors (Lipinski definition) is 3. The van der Waals surface area contributed by atoms with E-state index in [-0.39, 0.29) is 5.92 Å². The van der Waals surface area contributed by atoms with Crippen molar-refractivity contribution in [3.8, 4) is 0 Å². The summed E-state index contributed by atoms with van der Waals surface area (Å²) in [6, 6.07) is 40.5. The molecule has 0 saturated heterocycles. The molecule has 0 aliphatic heterocycles. The first-order chi connectivity index (χ1) is 22.5. The second kappa shape index (κ2) is 14.4. The van der Waals surface area contributed by atoms with Crippen LogP contribution in [-0.4, -0.2) is 34.1 Å². The minimum Gasteiger partial charge on any atom is -0.378 e. The van der Waals surface area contributed by atoms with Gasteiger partial charge in [-0.2, -0.15) is 0 Å². The van der Waals surface area contributed by atoms with Crippen LogP contribution in [0.4, 0.5) is 11.4 Å². The van der Waals surface area contributed by atoms with Crippen LogP contribution in [0.2, 0.25) is 0 Å². The molecular formula is C43H45N3O. The SMILES string of the molecule is Cc1ccc(C(=CC(C=C(c2ccc(C)cc2)c2ccc(N(C)C)cc2)c2cc(C)ccc2C(N)=O)c2ccc(N(C)C)cc2)cc1. The summed E-state index contributed by atoms with van der Waals surface area (Å²) in [4.78, 5) is 17.1. The average Bonchev–Trinajstić information content (AvgIpc) is 3.06. The van der Waals surface area contributed by atoms with Gasteiger partial charge in [0, 0.05) is 51.0 Å². The highest BCUT2D eigenvalue weighted by molar-refractivity contribution is 5.95. The lowest BCUT2D eigenvalue weighted by Crippen LogP contribution is -2.15. The number of hydrogen-bond donors (Lipinski definition) is 1. The molecule has 238 valence electrons. The lowest BCUT2D eigenvalue weighted by atomic mass is 9.84. The largest absolute Gasteiger partial charge is 0.378 e. The number of aryl methyl sites for hydroxylation is 3. The maximum absolute atomic E-state index is 12.9. The minimum absolute atomic E-state index is 0.285. The maximum Gasteiger partial charge on any atom is 0.249 e. The van der Waals surface area contributed by atoms with E-state index in [0.717, 1.165) is 55.9 Å². The molecule has 0 unspecified atom stereocenters. The highest BCUT2D eigenvalue weighted by Crippen LogP contribution is 2.36. The van der Waals surface area contributed by atoms with E-state index in [1.165, 1.54) is 11.1 Å². The van der Waals surface area contributed by atoms with Gasteiger partial charge in [0.15, 0.2) is 0 Å². The van der Waals surface area contributed by atoms with Gasteiger partial charge in [-0.3, -0.25) is 4.79 Å². The smallest absolute Gasteiger partial charge is 0.249 e. The molecule has 0 fully saturated rings. The average molecular weight is 620 g/mol. The topological polar surface area (TPSA) is 49.6 Å². The van der Waals surface area contributed by atoms with Crippen molar-refractivity contribution in [3.05, 3.63) is 177 Å². The molecule has 0 bridgehead atoms. The van der Waals surface area contributed by atoms with Crippen LogP contribution in [0.25, 0.3) is 11.1 Å². The third-order valence-corrected chi connectivity index (χ3v) is 8.64. The molecule has 0 aliphatic rings. The minimum atomic E-state index is -0.439. The number of allylic oxidation sites excluding steroid dienone is 2. The van der Waals surface area contributed by atoms with Gasteiger partial charge in [-0.1, -0.05) is 114 Å². The van der Waals surface area contributed by atoms with E-state index in [1.807, 2.05) is 40.3 Å². The molecule has 4 heteroatoms. The number of carbonyl (C=O) groups excluding carboxylic acids is 1. The number of rotatable bonds is 10. The number of carbonyl (C=O) groups is 1. The molecule has 0 aliphatic carbocycles. The fourth-order valence-corrected chi connectivity index (χ4v) is 5.83. The summed E-state index contributed by atoms with van der Waals surface area (Å²) in [5, 5.41) is 0. The summed E-state index contributed by atoms with van der Waals surface area (Å²) in [6.07, 6.45) is 4.58. The second-order valence-electron chi connectivity index (χ2n) is 12.8. The van der Waals surface area contributed by atoms with Gasteiger partial charge in [-0.25, -0.2) is 0 Å². The van der Waals surface area contributed by atoms with E-state index in [9.17, 15) is 4.79 Å².